The van der Waals surface area contributed by atoms with Gasteiger partial charge in [-0.1, -0.05) is 18.8 Å². The topological polar surface area (TPSA) is 78.4 Å². The number of carbonyl (C=O) groups excluding carboxylic acids is 2. The molecular weight excluding hydrogens is 275 g/mol. The SMILES string of the molecule is CCCNC(=O)CNC(=O)c1ccc(C#CCO)c(F)c1. The molecule has 0 saturated heterocycles. The van der Waals surface area contributed by atoms with E-state index in [1.165, 1.54) is 12.1 Å². The summed E-state index contributed by atoms with van der Waals surface area (Å²) in [5.74, 6) is 3.27. The predicted octanol–water partition coefficient (Wildman–Crippen LogP) is 0.425. The molecule has 0 unspecified atom stereocenters. The van der Waals surface area contributed by atoms with Crippen molar-refractivity contribution in [3.8, 4) is 11.8 Å². The van der Waals surface area contributed by atoms with Crippen LogP contribution in [0.25, 0.3) is 0 Å². The second-order valence-electron chi connectivity index (χ2n) is 4.19. The van der Waals surface area contributed by atoms with E-state index in [-0.39, 0.29) is 30.2 Å². The standard InChI is InChI=1S/C15H17FN2O3/c1-2-7-17-14(20)10-18-15(21)12-6-5-11(4-3-8-19)13(16)9-12/h5-6,9,19H,2,7-8,10H2,1H3,(H,17,20)(H,18,21). The van der Waals surface area contributed by atoms with Crippen molar-refractivity contribution in [1.82, 2.24) is 10.6 Å². The first-order valence-electron chi connectivity index (χ1n) is 6.52. The fraction of sp³-hybridized carbons (Fsp3) is 0.333. The van der Waals surface area contributed by atoms with Crippen molar-refractivity contribution in [3.05, 3.63) is 35.1 Å². The van der Waals surface area contributed by atoms with E-state index in [0.717, 1.165) is 12.5 Å². The van der Waals surface area contributed by atoms with E-state index in [1.54, 1.807) is 0 Å². The molecule has 21 heavy (non-hydrogen) atoms. The van der Waals surface area contributed by atoms with Crippen LogP contribution in [-0.4, -0.2) is 36.6 Å². The molecular formula is C15H17FN2O3. The molecule has 0 aliphatic rings. The van der Waals surface area contributed by atoms with Gasteiger partial charge in [0.25, 0.3) is 5.91 Å². The largest absolute Gasteiger partial charge is 0.384 e. The number of aliphatic hydroxyl groups is 1. The van der Waals surface area contributed by atoms with Crippen LogP contribution >= 0.6 is 0 Å². The van der Waals surface area contributed by atoms with Crippen molar-refractivity contribution in [2.75, 3.05) is 19.7 Å². The summed E-state index contributed by atoms with van der Waals surface area (Å²) in [4.78, 5) is 23.1. The van der Waals surface area contributed by atoms with Gasteiger partial charge in [0.1, 0.15) is 12.4 Å². The third-order valence-corrected chi connectivity index (χ3v) is 2.52. The fourth-order valence-corrected chi connectivity index (χ4v) is 1.48. The van der Waals surface area contributed by atoms with Crippen LogP contribution < -0.4 is 10.6 Å². The predicted molar refractivity (Wildman–Crippen MR) is 76.0 cm³/mol. The number of hydrogen-bond donors (Lipinski definition) is 3. The average Bonchev–Trinajstić information content (AvgIpc) is 2.49. The fourth-order valence-electron chi connectivity index (χ4n) is 1.48. The molecule has 0 spiro atoms. The lowest BCUT2D eigenvalue weighted by Crippen LogP contribution is -2.37. The molecule has 0 radical (unpaired) electrons. The van der Waals surface area contributed by atoms with Crippen molar-refractivity contribution in [3.63, 3.8) is 0 Å². The summed E-state index contributed by atoms with van der Waals surface area (Å²) in [5, 5.41) is 13.6. The summed E-state index contributed by atoms with van der Waals surface area (Å²) in [5.41, 5.74) is 0.201. The highest BCUT2D eigenvalue weighted by atomic mass is 19.1. The molecule has 112 valence electrons. The number of aliphatic hydroxyl groups excluding tert-OH is 1. The van der Waals surface area contributed by atoms with E-state index in [9.17, 15) is 14.0 Å². The molecule has 0 aromatic heterocycles. The second kappa shape index (κ2) is 8.72. The van der Waals surface area contributed by atoms with Gasteiger partial charge in [-0.25, -0.2) is 4.39 Å². The van der Waals surface area contributed by atoms with Crippen molar-refractivity contribution >= 4 is 11.8 Å². The molecule has 1 aromatic carbocycles. The van der Waals surface area contributed by atoms with Crippen LogP contribution in [0.1, 0.15) is 29.3 Å². The van der Waals surface area contributed by atoms with Crippen molar-refractivity contribution in [1.29, 1.82) is 0 Å². The Kier molecular flexibility index (Phi) is 6.92. The molecule has 0 heterocycles. The van der Waals surface area contributed by atoms with E-state index in [2.05, 4.69) is 22.5 Å². The number of nitrogens with one attached hydrogen (secondary N) is 2. The van der Waals surface area contributed by atoms with Crippen LogP contribution in [0.3, 0.4) is 0 Å². The molecule has 2 amide bonds. The maximum Gasteiger partial charge on any atom is 0.251 e. The van der Waals surface area contributed by atoms with Crippen molar-refractivity contribution < 1.29 is 19.1 Å². The van der Waals surface area contributed by atoms with Crippen molar-refractivity contribution in [2.24, 2.45) is 0 Å². The number of carbonyl (C=O) groups is 2. The monoisotopic (exact) mass is 292 g/mol. The molecule has 0 bridgehead atoms. The molecule has 0 aliphatic heterocycles. The molecule has 0 fully saturated rings. The second-order valence-corrected chi connectivity index (χ2v) is 4.19. The Morgan fingerprint density at radius 2 is 2.10 bits per heavy atom. The zero-order valence-corrected chi connectivity index (χ0v) is 11.7. The third kappa shape index (κ3) is 5.63. The molecule has 0 saturated carbocycles. The molecule has 6 heteroatoms. The van der Waals surface area contributed by atoms with E-state index in [4.69, 9.17) is 5.11 Å². The zero-order chi connectivity index (χ0) is 15.7. The van der Waals surface area contributed by atoms with Crippen LogP contribution in [0.4, 0.5) is 4.39 Å². The smallest absolute Gasteiger partial charge is 0.251 e. The van der Waals surface area contributed by atoms with Gasteiger partial charge in [-0.05, 0) is 24.6 Å². The molecule has 0 aliphatic carbocycles. The number of benzene rings is 1. The van der Waals surface area contributed by atoms with Crippen LogP contribution in [0, 0.1) is 17.7 Å². The van der Waals surface area contributed by atoms with E-state index >= 15 is 0 Å². The highest BCUT2D eigenvalue weighted by molar-refractivity contribution is 5.96. The Balaban J connectivity index is 2.63. The Hall–Kier alpha value is -2.39. The van der Waals surface area contributed by atoms with Gasteiger partial charge in [0.2, 0.25) is 5.91 Å². The van der Waals surface area contributed by atoms with Gasteiger partial charge in [-0.15, -0.1) is 0 Å². The molecule has 3 N–H and O–H groups in total. The quantitative estimate of drug-likeness (QED) is 0.689. The minimum atomic E-state index is -0.654. The minimum Gasteiger partial charge on any atom is -0.384 e. The summed E-state index contributed by atoms with van der Waals surface area (Å²) in [6.07, 6.45) is 0.807. The summed E-state index contributed by atoms with van der Waals surface area (Å²) < 4.78 is 13.7. The molecule has 1 aromatic rings. The Morgan fingerprint density at radius 3 is 2.71 bits per heavy atom. The number of amides is 2. The molecule has 5 nitrogen and oxygen atoms in total. The van der Waals surface area contributed by atoms with Gasteiger partial charge >= 0.3 is 0 Å². The highest BCUT2D eigenvalue weighted by Crippen LogP contribution is 2.09. The Bertz CT molecular complexity index is 576. The van der Waals surface area contributed by atoms with Crippen LogP contribution in [0.15, 0.2) is 18.2 Å². The maximum absolute atomic E-state index is 13.7. The Morgan fingerprint density at radius 1 is 1.33 bits per heavy atom. The number of rotatable bonds is 5. The zero-order valence-electron chi connectivity index (χ0n) is 11.7. The number of hydrogen-bond acceptors (Lipinski definition) is 3. The van der Waals surface area contributed by atoms with Crippen LogP contribution in [0.5, 0.6) is 0 Å². The van der Waals surface area contributed by atoms with Gasteiger partial charge < -0.3 is 15.7 Å². The number of halogens is 1. The van der Waals surface area contributed by atoms with Crippen molar-refractivity contribution in [2.45, 2.75) is 13.3 Å². The summed E-state index contributed by atoms with van der Waals surface area (Å²) in [6.45, 7) is 1.94. The van der Waals surface area contributed by atoms with Gasteiger partial charge in [0.05, 0.1) is 12.1 Å². The Labute approximate surface area is 122 Å². The van der Waals surface area contributed by atoms with Gasteiger partial charge in [-0.3, -0.25) is 9.59 Å². The van der Waals surface area contributed by atoms with Crippen LogP contribution in [0.2, 0.25) is 0 Å². The van der Waals surface area contributed by atoms with Gasteiger partial charge in [0, 0.05) is 12.1 Å². The van der Waals surface area contributed by atoms with E-state index in [1.807, 2.05) is 6.92 Å². The first-order chi connectivity index (χ1) is 10.1. The lowest BCUT2D eigenvalue weighted by atomic mass is 10.1. The minimum absolute atomic E-state index is 0.0984. The lowest BCUT2D eigenvalue weighted by Gasteiger charge is -2.06. The summed E-state index contributed by atoms with van der Waals surface area (Å²) in [7, 11) is 0. The van der Waals surface area contributed by atoms with E-state index < -0.39 is 11.7 Å². The van der Waals surface area contributed by atoms with E-state index in [0.29, 0.717) is 6.54 Å². The lowest BCUT2D eigenvalue weighted by molar-refractivity contribution is -0.120. The first kappa shape index (κ1) is 16.7. The maximum atomic E-state index is 13.7. The summed E-state index contributed by atoms with van der Waals surface area (Å²) in [6, 6.07) is 3.80. The van der Waals surface area contributed by atoms with Crippen LogP contribution in [-0.2, 0) is 4.79 Å². The molecule has 1 rings (SSSR count). The highest BCUT2D eigenvalue weighted by Gasteiger charge is 2.10. The molecule has 0 atom stereocenters. The third-order valence-electron chi connectivity index (χ3n) is 2.52. The average molecular weight is 292 g/mol. The van der Waals surface area contributed by atoms with Gasteiger partial charge in [0.15, 0.2) is 0 Å². The first-order valence-corrected chi connectivity index (χ1v) is 6.52. The normalized spacial score (nSPS) is 9.48. The summed E-state index contributed by atoms with van der Waals surface area (Å²) >= 11 is 0. The van der Waals surface area contributed by atoms with Gasteiger partial charge in [-0.2, -0.15) is 0 Å².